The Morgan fingerprint density at radius 1 is 0.768 bits per heavy atom. The van der Waals surface area contributed by atoms with E-state index in [1.165, 1.54) is 43.5 Å². The summed E-state index contributed by atoms with van der Waals surface area (Å²) in [6.07, 6.45) is 0. The molecule has 6 aromatic rings. The number of nitrogens with one attached hydrogen (secondary N) is 1. The standard InChI is InChI=1S/C34H28N6O13S3/c1-48-30-16-27(29(41)15-28(30)39-37-22-5-8-25-18(11-22)12-24(54-52-50-43)14-32(25)56(45,46)47)38-40-33-31(55-53-51-44)13-19-10-21(4-9-26(19)34(33)42)36-17-49-23-6-2-20(35)3-7-23/h2-16,36,41-44H,17,35H2,1H3,(H,45,46,47). The van der Waals surface area contributed by atoms with Gasteiger partial charge in [0.2, 0.25) is 0 Å². The summed E-state index contributed by atoms with van der Waals surface area (Å²) >= 11 is 1.03. The fraction of sp³-hybridized carbons (Fsp3) is 0.0588. The van der Waals surface area contributed by atoms with Crippen molar-refractivity contribution >= 4 is 89.9 Å². The highest BCUT2D eigenvalue weighted by atomic mass is 32.2. The number of fused-ring (bicyclic) bond motifs is 2. The topological polar surface area (TPSA) is 278 Å². The smallest absolute Gasteiger partial charge is 0.295 e. The zero-order chi connectivity index (χ0) is 39.8. The molecule has 6 rings (SSSR count). The molecule has 0 aromatic heterocycles. The highest BCUT2D eigenvalue weighted by molar-refractivity contribution is 7.95. The molecule has 0 amide bonds. The molecular formula is C34H28N6O13S3. The van der Waals surface area contributed by atoms with Gasteiger partial charge in [0.15, 0.2) is 12.5 Å². The van der Waals surface area contributed by atoms with Crippen LogP contribution >= 0.6 is 24.1 Å². The number of azo groups is 2. The molecule has 0 fully saturated rings. The van der Waals surface area contributed by atoms with Gasteiger partial charge in [0.05, 0.1) is 41.8 Å². The van der Waals surface area contributed by atoms with Crippen LogP contribution in [0.5, 0.6) is 23.0 Å². The highest BCUT2D eigenvalue weighted by Crippen LogP contribution is 2.46. The molecule has 0 bridgehead atoms. The minimum Gasteiger partial charge on any atom is -0.506 e. The number of rotatable bonds is 16. The van der Waals surface area contributed by atoms with E-state index >= 15 is 0 Å². The molecule has 0 atom stereocenters. The number of nitrogens with two attached hydrogens (primary N) is 1. The van der Waals surface area contributed by atoms with Gasteiger partial charge in [-0.15, -0.1) is 24.0 Å². The first-order chi connectivity index (χ1) is 27.0. The van der Waals surface area contributed by atoms with Crippen molar-refractivity contribution in [3.05, 3.63) is 91.0 Å². The van der Waals surface area contributed by atoms with Gasteiger partial charge in [-0.25, -0.2) is 10.5 Å². The number of phenolic OH excluding ortho intramolecular Hbond substituents is 2. The van der Waals surface area contributed by atoms with Gasteiger partial charge in [-0.3, -0.25) is 4.55 Å². The fourth-order valence-electron chi connectivity index (χ4n) is 5.20. The largest absolute Gasteiger partial charge is 0.506 e. The molecule has 0 aliphatic heterocycles. The van der Waals surface area contributed by atoms with Crippen LogP contribution in [0.15, 0.2) is 126 Å². The molecule has 6 aromatic carbocycles. The molecule has 0 saturated heterocycles. The van der Waals surface area contributed by atoms with Crippen LogP contribution in [0.2, 0.25) is 0 Å². The quantitative estimate of drug-likeness (QED) is 0.00910. The highest BCUT2D eigenvalue weighted by Gasteiger charge is 2.19. The summed E-state index contributed by atoms with van der Waals surface area (Å²) in [5.74, 6) is 0.0389. The van der Waals surface area contributed by atoms with E-state index in [9.17, 15) is 23.2 Å². The van der Waals surface area contributed by atoms with Crippen molar-refractivity contribution in [1.29, 1.82) is 0 Å². The van der Waals surface area contributed by atoms with Crippen molar-refractivity contribution in [2.75, 3.05) is 24.9 Å². The Morgan fingerprint density at radius 2 is 1.48 bits per heavy atom. The van der Waals surface area contributed by atoms with Crippen molar-refractivity contribution in [3.63, 3.8) is 0 Å². The lowest BCUT2D eigenvalue weighted by Gasteiger charge is -2.12. The number of ether oxygens (including phenoxy) is 2. The summed E-state index contributed by atoms with van der Waals surface area (Å²) in [7, 11) is -3.30. The van der Waals surface area contributed by atoms with Gasteiger partial charge in [0, 0.05) is 39.2 Å². The Hall–Kier alpha value is -5.79. The molecule has 19 nitrogen and oxygen atoms in total. The van der Waals surface area contributed by atoms with Crippen LogP contribution in [0.1, 0.15) is 0 Å². The predicted octanol–water partition coefficient (Wildman–Crippen LogP) is 9.38. The van der Waals surface area contributed by atoms with Gasteiger partial charge in [0.1, 0.15) is 39.2 Å². The second-order valence-corrected chi connectivity index (χ2v) is 14.1. The van der Waals surface area contributed by atoms with Crippen molar-refractivity contribution in [1.82, 2.24) is 0 Å². The molecule has 0 saturated carbocycles. The Labute approximate surface area is 324 Å². The van der Waals surface area contributed by atoms with Gasteiger partial charge in [-0.2, -0.15) is 13.5 Å². The van der Waals surface area contributed by atoms with E-state index in [0.717, 1.165) is 6.07 Å². The molecule has 0 aliphatic rings. The average Bonchev–Trinajstić information content (AvgIpc) is 3.18. The Balaban J connectivity index is 1.25. The SMILES string of the molecule is COc1cc(N=Nc2c(SOOO)cc3cc(NCOc4ccc(N)cc4)ccc3c2O)c(O)cc1N=Nc1ccc2c(S(=O)(=O)O)cc(SOOO)cc2c1. The number of nitrogens with zero attached hydrogens (tertiary/aromatic N) is 4. The molecular weight excluding hydrogens is 797 g/mol. The summed E-state index contributed by atoms with van der Waals surface area (Å²) in [5.41, 5.74) is 7.13. The van der Waals surface area contributed by atoms with Gasteiger partial charge in [-0.05, 0) is 83.6 Å². The van der Waals surface area contributed by atoms with Gasteiger partial charge in [0.25, 0.3) is 10.1 Å². The molecule has 8 N–H and O–H groups in total. The Kier molecular flexibility index (Phi) is 12.7. The number of methoxy groups -OCH3 is 1. The van der Waals surface area contributed by atoms with Gasteiger partial charge < -0.3 is 30.7 Å². The lowest BCUT2D eigenvalue weighted by atomic mass is 10.1. The molecule has 56 heavy (non-hydrogen) atoms. The van der Waals surface area contributed by atoms with E-state index in [-0.39, 0.29) is 56.2 Å². The number of phenols is 2. The zero-order valence-corrected chi connectivity index (χ0v) is 30.9. The maximum atomic E-state index is 12.0. The molecule has 0 heterocycles. The predicted molar refractivity (Wildman–Crippen MR) is 204 cm³/mol. The molecule has 0 spiro atoms. The first-order valence-corrected chi connectivity index (χ1v) is 18.5. The van der Waals surface area contributed by atoms with Crippen molar-refractivity contribution in [2.24, 2.45) is 20.5 Å². The molecule has 0 radical (unpaired) electrons. The zero-order valence-electron chi connectivity index (χ0n) is 28.5. The average molecular weight is 825 g/mol. The van der Waals surface area contributed by atoms with Crippen LogP contribution in [-0.2, 0) is 28.9 Å². The molecule has 0 unspecified atom stereocenters. The number of aromatic hydroxyl groups is 2. The first kappa shape index (κ1) is 39.9. The molecule has 0 aliphatic carbocycles. The normalized spacial score (nSPS) is 11.9. The van der Waals surface area contributed by atoms with Crippen LogP contribution in [0.3, 0.4) is 0 Å². The third kappa shape index (κ3) is 9.53. The minimum absolute atomic E-state index is 0.0713. The van der Waals surface area contributed by atoms with E-state index in [2.05, 4.69) is 44.5 Å². The summed E-state index contributed by atoms with van der Waals surface area (Å²) < 4.78 is 54.0. The molecule has 22 heteroatoms. The van der Waals surface area contributed by atoms with E-state index < -0.39 is 20.8 Å². The number of hydrogen-bond donors (Lipinski definition) is 7. The Bertz CT molecular complexity index is 2560. The monoisotopic (exact) mass is 824 g/mol. The fourth-order valence-corrected chi connectivity index (χ4v) is 6.96. The Morgan fingerprint density at radius 3 is 2.21 bits per heavy atom. The summed E-state index contributed by atoms with van der Waals surface area (Å²) in [4.78, 5) is -0.0742. The van der Waals surface area contributed by atoms with Crippen LogP contribution < -0.4 is 20.5 Å². The number of anilines is 2. The lowest BCUT2D eigenvalue weighted by Crippen LogP contribution is -2.08. The third-order valence-electron chi connectivity index (χ3n) is 7.72. The molecule has 290 valence electrons. The van der Waals surface area contributed by atoms with Crippen molar-refractivity contribution < 1.29 is 61.9 Å². The van der Waals surface area contributed by atoms with Gasteiger partial charge >= 0.3 is 0 Å². The summed E-state index contributed by atoms with van der Waals surface area (Å²) in [6.45, 7) is 0.132. The van der Waals surface area contributed by atoms with E-state index in [0.29, 0.717) is 57.4 Å². The van der Waals surface area contributed by atoms with Gasteiger partial charge in [-0.1, -0.05) is 16.1 Å². The summed E-state index contributed by atoms with van der Waals surface area (Å²) in [5, 5.41) is 67.9. The number of benzene rings is 6. The van der Waals surface area contributed by atoms with E-state index in [1.807, 2.05) is 0 Å². The minimum atomic E-state index is -4.65. The number of hydrogen-bond acceptors (Lipinski definition) is 20. The van der Waals surface area contributed by atoms with E-state index in [4.69, 9.17) is 25.7 Å². The van der Waals surface area contributed by atoms with Crippen LogP contribution in [0.25, 0.3) is 21.5 Å². The van der Waals surface area contributed by atoms with E-state index in [1.54, 1.807) is 48.5 Å². The maximum Gasteiger partial charge on any atom is 0.295 e. The first-order valence-electron chi connectivity index (χ1n) is 15.6. The summed E-state index contributed by atoms with van der Waals surface area (Å²) in [6, 6.07) is 23.1. The van der Waals surface area contributed by atoms with Crippen LogP contribution in [-0.4, -0.2) is 47.5 Å². The lowest BCUT2D eigenvalue weighted by molar-refractivity contribution is -0.432. The van der Waals surface area contributed by atoms with Crippen LogP contribution in [0, 0.1) is 0 Å². The number of nitrogen functional groups attached to an aromatic ring is 1. The second-order valence-electron chi connectivity index (χ2n) is 11.2. The van der Waals surface area contributed by atoms with Crippen molar-refractivity contribution in [3.8, 4) is 23.0 Å². The van der Waals surface area contributed by atoms with Crippen LogP contribution in [0.4, 0.5) is 34.1 Å². The van der Waals surface area contributed by atoms with Crippen molar-refractivity contribution in [2.45, 2.75) is 14.7 Å². The third-order valence-corrected chi connectivity index (χ3v) is 9.79. The second kappa shape index (κ2) is 17.8. The maximum absolute atomic E-state index is 12.0.